The number of carbonyl (C=O) groups excluding carboxylic acids is 1. The predicted molar refractivity (Wildman–Crippen MR) is 123 cm³/mol. The molecule has 5 aromatic rings. The van der Waals surface area contributed by atoms with Crippen LogP contribution in [0.1, 0.15) is 15.9 Å². The zero-order valence-corrected chi connectivity index (χ0v) is 17.5. The summed E-state index contributed by atoms with van der Waals surface area (Å²) in [5, 5.41) is 0.811. The first-order valence-electron chi connectivity index (χ1n) is 9.71. The van der Waals surface area contributed by atoms with Crippen molar-refractivity contribution in [2.24, 2.45) is 12.0 Å². The van der Waals surface area contributed by atoms with Gasteiger partial charge in [0.05, 0.1) is 27.0 Å². The van der Waals surface area contributed by atoms with Crippen LogP contribution in [0.5, 0.6) is 0 Å². The van der Waals surface area contributed by atoms with Gasteiger partial charge in [0.1, 0.15) is 0 Å². The lowest BCUT2D eigenvalue weighted by Crippen LogP contribution is -2.14. The number of rotatable bonds is 2. The van der Waals surface area contributed by atoms with E-state index in [0.29, 0.717) is 10.4 Å². The van der Waals surface area contributed by atoms with Gasteiger partial charge in [0.2, 0.25) is 0 Å². The first-order chi connectivity index (χ1) is 14.6. The molecule has 0 N–H and O–H groups in total. The number of fused-ring (bicyclic) bond motifs is 2. The van der Waals surface area contributed by atoms with Gasteiger partial charge in [0.15, 0.2) is 4.80 Å². The van der Waals surface area contributed by atoms with Crippen molar-refractivity contribution >= 4 is 38.4 Å². The molecule has 5 rings (SSSR count). The lowest BCUT2D eigenvalue weighted by Gasteiger charge is -2.07. The van der Waals surface area contributed by atoms with E-state index in [4.69, 9.17) is 4.98 Å². The lowest BCUT2D eigenvalue weighted by molar-refractivity contribution is 0.0999. The van der Waals surface area contributed by atoms with Crippen LogP contribution >= 0.6 is 11.3 Å². The van der Waals surface area contributed by atoms with E-state index in [1.165, 1.54) is 16.9 Å². The third kappa shape index (κ3) is 3.13. The molecule has 2 heterocycles. The third-order valence-electron chi connectivity index (χ3n) is 5.24. The summed E-state index contributed by atoms with van der Waals surface area (Å²) in [5.41, 5.74) is 5.37. The first-order valence-corrected chi connectivity index (χ1v) is 10.5. The van der Waals surface area contributed by atoms with Crippen molar-refractivity contribution in [3.63, 3.8) is 0 Å². The Balaban J connectivity index is 1.71. The van der Waals surface area contributed by atoms with Crippen LogP contribution in [0.4, 0.5) is 0 Å². The number of benzene rings is 3. The second-order valence-electron chi connectivity index (χ2n) is 7.22. The molecule has 1 amide bonds. The quantitative estimate of drug-likeness (QED) is 0.386. The molecule has 0 bridgehead atoms. The van der Waals surface area contributed by atoms with E-state index in [1.54, 1.807) is 0 Å². The average molecular weight is 410 g/mol. The van der Waals surface area contributed by atoms with E-state index in [9.17, 15) is 4.79 Å². The maximum absolute atomic E-state index is 13.3. The van der Waals surface area contributed by atoms with Gasteiger partial charge in [0, 0.05) is 18.0 Å². The molecule has 2 aromatic heterocycles. The Hall–Kier alpha value is -3.57. The molecule has 0 aliphatic carbocycles. The molecular formula is C25H19N3OS. The maximum atomic E-state index is 13.3. The van der Waals surface area contributed by atoms with Gasteiger partial charge in [-0.2, -0.15) is 4.99 Å². The number of nitrogens with zero attached hydrogens (tertiary/aromatic N) is 3. The second kappa shape index (κ2) is 7.35. The summed E-state index contributed by atoms with van der Waals surface area (Å²) in [4.78, 5) is 23.3. The Labute approximate surface area is 177 Å². The van der Waals surface area contributed by atoms with E-state index in [1.807, 2.05) is 78.3 Å². The van der Waals surface area contributed by atoms with Crippen molar-refractivity contribution in [1.82, 2.24) is 9.55 Å². The van der Waals surface area contributed by atoms with Gasteiger partial charge in [-0.25, -0.2) is 4.98 Å². The molecule has 0 aliphatic heterocycles. The van der Waals surface area contributed by atoms with Gasteiger partial charge in [-0.3, -0.25) is 4.79 Å². The second-order valence-corrected chi connectivity index (χ2v) is 8.23. The molecule has 0 atom stereocenters. The SMILES string of the molecule is Cc1cccc2sc(=NC(=O)c3cc(-c4ccccc4)nc4ccccc34)n(C)c12. The molecule has 0 aliphatic rings. The fraction of sp³-hybridized carbons (Fsp3) is 0.0800. The number of amides is 1. The number of carbonyl (C=O) groups is 1. The Morgan fingerprint density at radius 2 is 1.73 bits per heavy atom. The van der Waals surface area contributed by atoms with Crippen molar-refractivity contribution in [3.8, 4) is 11.3 Å². The summed E-state index contributed by atoms with van der Waals surface area (Å²) in [6, 6.07) is 25.6. The van der Waals surface area contributed by atoms with Crippen LogP contribution in [0.15, 0.2) is 83.9 Å². The van der Waals surface area contributed by atoms with Crippen LogP contribution in [0, 0.1) is 6.92 Å². The summed E-state index contributed by atoms with van der Waals surface area (Å²) in [5.74, 6) is -0.259. The van der Waals surface area contributed by atoms with Crippen LogP contribution in [0.3, 0.4) is 0 Å². The highest BCUT2D eigenvalue weighted by Crippen LogP contribution is 2.26. The molecule has 0 spiro atoms. The smallest absolute Gasteiger partial charge is 0.280 e. The molecule has 0 radical (unpaired) electrons. The molecule has 3 aromatic carbocycles. The maximum Gasteiger partial charge on any atom is 0.280 e. The van der Waals surface area contributed by atoms with Gasteiger partial charge in [0.25, 0.3) is 5.91 Å². The first kappa shape index (κ1) is 18.5. The molecule has 146 valence electrons. The normalized spacial score (nSPS) is 12.0. The highest BCUT2D eigenvalue weighted by molar-refractivity contribution is 7.16. The molecule has 4 nitrogen and oxygen atoms in total. The highest BCUT2D eigenvalue weighted by Gasteiger charge is 2.14. The Bertz CT molecular complexity index is 1480. The van der Waals surface area contributed by atoms with Crippen molar-refractivity contribution in [1.29, 1.82) is 0 Å². The van der Waals surface area contributed by atoms with Crippen molar-refractivity contribution in [3.05, 3.63) is 94.8 Å². The van der Waals surface area contributed by atoms with Gasteiger partial charge in [-0.15, -0.1) is 0 Å². The monoisotopic (exact) mass is 409 g/mol. The minimum absolute atomic E-state index is 0.259. The molecule has 30 heavy (non-hydrogen) atoms. The van der Waals surface area contributed by atoms with Crippen LogP contribution in [-0.4, -0.2) is 15.5 Å². The molecule has 0 saturated heterocycles. The average Bonchev–Trinajstić information content (AvgIpc) is 3.10. The number of aromatic nitrogens is 2. The summed E-state index contributed by atoms with van der Waals surface area (Å²) in [7, 11) is 1.96. The van der Waals surface area contributed by atoms with E-state index in [2.05, 4.69) is 24.0 Å². The van der Waals surface area contributed by atoms with Crippen molar-refractivity contribution in [2.75, 3.05) is 0 Å². The van der Waals surface area contributed by atoms with Gasteiger partial charge >= 0.3 is 0 Å². The van der Waals surface area contributed by atoms with Gasteiger partial charge < -0.3 is 4.57 Å². The highest BCUT2D eigenvalue weighted by atomic mass is 32.1. The van der Waals surface area contributed by atoms with Gasteiger partial charge in [-0.05, 0) is 30.7 Å². The lowest BCUT2D eigenvalue weighted by atomic mass is 10.0. The van der Waals surface area contributed by atoms with Crippen molar-refractivity contribution in [2.45, 2.75) is 6.92 Å². The Morgan fingerprint density at radius 1 is 0.967 bits per heavy atom. The number of aryl methyl sites for hydroxylation is 2. The summed E-state index contributed by atoms with van der Waals surface area (Å²) in [6.07, 6.45) is 0. The summed E-state index contributed by atoms with van der Waals surface area (Å²) >= 11 is 1.53. The van der Waals surface area contributed by atoms with Crippen LogP contribution in [0.25, 0.3) is 32.4 Å². The summed E-state index contributed by atoms with van der Waals surface area (Å²) < 4.78 is 3.11. The van der Waals surface area contributed by atoms with Crippen LogP contribution in [0.2, 0.25) is 0 Å². The largest absolute Gasteiger partial charge is 0.319 e. The predicted octanol–water partition coefficient (Wildman–Crippen LogP) is 5.50. The Morgan fingerprint density at radius 3 is 2.53 bits per heavy atom. The molecule has 5 heteroatoms. The Kier molecular flexibility index (Phi) is 4.52. The van der Waals surface area contributed by atoms with Crippen LogP contribution < -0.4 is 4.80 Å². The number of para-hydroxylation sites is 2. The standard InChI is InChI=1S/C25H19N3OS/c1-16-9-8-14-22-23(16)28(2)25(30-22)27-24(29)19-15-21(17-10-4-3-5-11-17)26-20-13-7-6-12-18(19)20/h3-15H,1-2H3. The molecular weight excluding hydrogens is 390 g/mol. The number of thiazole rings is 1. The summed E-state index contributed by atoms with van der Waals surface area (Å²) in [6.45, 7) is 2.07. The van der Waals surface area contributed by atoms with E-state index in [-0.39, 0.29) is 5.91 Å². The zero-order chi connectivity index (χ0) is 20.7. The van der Waals surface area contributed by atoms with Crippen LogP contribution in [-0.2, 0) is 7.05 Å². The molecule has 0 saturated carbocycles. The topological polar surface area (TPSA) is 47.2 Å². The fourth-order valence-electron chi connectivity index (χ4n) is 3.76. The van der Waals surface area contributed by atoms with Crippen molar-refractivity contribution < 1.29 is 4.79 Å². The number of hydrogen-bond donors (Lipinski definition) is 0. The van der Waals surface area contributed by atoms with E-state index < -0.39 is 0 Å². The molecule has 0 unspecified atom stereocenters. The molecule has 0 fully saturated rings. The minimum atomic E-state index is -0.259. The number of hydrogen-bond acceptors (Lipinski definition) is 3. The fourth-order valence-corrected chi connectivity index (χ4v) is 4.86. The zero-order valence-electron chi connectivity index (χ0n) is 16.7. The number of pyridine rings is 1. The minimum Gasteiger partial charge on any atom is -0.319 e. The van der Waals surface area contributed by atoms with Gasteiger partial charge in [-0.1, -0.05) is 72.0 Å². The van der Waals surface area contributed by atoms with E-state index in [0.717, 1.165) is 32.4 Å². The van der Waals surface area contributed by atoms with E-state index >= 15 is 0 Å². The third-order valence-corrected chi connectivity index (χ3v) is 6.33.